The Hall–Kier alpha value is -0.0900. The van der Waals surface area contributed by atoms with Gasteiger partial charge in [-0.3, -0.25) is 0 Å². The molecule has 0 radical (unpaired) electrons. The summed E-state index contributed by atoms with van der Waals surface area (Å²) in [6.07, 6.45) is 7.88. The highest BCUT2D eigenvalue weighted by atomic mass is 32.2. The molecule has 0 aliphatic heterocycles. The van der Waals surface area contributed by atoms with Crippen LogP contribution in [0.1, 0.15) is 52.4 Å². The number of nitrogens with one attached hydrogen (secondary N) is 1. The van der Waals surface area contributed by atoms with Gasteiger partial charge in [0.15, 0.2) is 0 Å². The van der Waals surface area contributed by atoms with E-state index in [-0.39, 0.29) is 0 Å². The molecule has 0 aromatic heterocycles. The van der Waals surface area contributed by atoms with Gasteiger partial charge in [-0.05, 0) is 25.8 Å². The summed E-state index contributed by atoms with van der Waals surface area (Å²) >= 11 is 0. The van der Waals surface area contributed by atoms with E-state index in [4.69, 9.17) is 0 Å². The van der Waals surface area contributed by atoms with Gasteiger partial charge in [0.05, 0.1) is 0 Å². The van der Waals surface area contributed by atoms with Crippen LogP contribution in [-0.4, -0.2) is 33.0 Å². The highest BCUT2D eigenvalue weighted by molar-refractivity contribution is 7.90. The maximum Gasteiger partial charge on any atom is 0.147 e. The average molecular weight is 249 g/mol. The molecule has 0 saturated carbocycles. The summed E-state index contributed by atoms with van der Waals surface area (Å²) in [5, 5.41) is 3.47. The molecule has 4 heteroatoms. The van der Waals surface area contributed by atoms with Gasteiger partial charge in [0.1, 0.15) is 9.84 Å². The zero-order chi connectivity index (χ0) is 12.4. The highest BCUT2D eigenvalue weighted by Gasteiger charge is 2.06. The number of rotatable bonds is 10. The lowest BCUT2D eigenvalue weighted by Gasteiger charge is -2.16. The first-order valence-electron chi connectivity index (χ1n) is 6.40. The normalized spacial score (nSPS) is 13.9. The summed E-state index contributed by atoms with van der Waals surface area (Å²) in [6, 6.07) is 0.619. The topological polar surface area (TPSA) is 46.2 Å². The van der Waals surface area contributed by atoms with E-state index in [2.05, 4.69) is 19.2 Å². The molecule has 1 N–H and O–H groups in total. The van der Waals surface area contributed by atoms with E-state index < -0.39 is 9.84 Å². The van der Waals surface area contributed by atoms with Crippen molar-refractivity contribution in [3.63, 3.8) is 0 Å². The Morgan fingerprint density at radius 3 is 2.25 bits per heavy atom. The standard InChI is InChI=1S/C12H27NO2S/c1-4-9-12(13-5-2)10-7-6-8-11-16(3,14)15/h12-13H,4-11H2,1-3H3. The fraction of sp³-hybridized carbons (Fsp3) is 1.00. The van der Waals surface area contributed by atoms with Crippen LogP contribution < -0.4 is 5.32 Å². The van der Waals surface area contributed by atoms with Crippen LogP contribution in [0, 0.1) is 0 Å². The molecule has 16 heavy (non-hydrogen) atoms. The summed E-state index contributed by atoms with van der Waals surface area (Å²) in [4.78, 5) is 0. The molecule has 0 amide bonds. The van der Waals surface area contributed by atoms with E-state index >= 15 is 0 Å². The van der Waals surface area contributed by atoms with Crippen LogP contribution in [0.25, 0.3) is 0 Å². The molecule has 1 unspecified atom stereocenters. The lowest BCUT2D eigenvalue weighted by Crippen LogP contribution is -2.28. The molecule has 0 aliphatic rings. The summed E-state index contributed by atoms with van der Waals surface area (Å²) < 4.78 is 21.8. The molecule has 0 saturated heterocycles. The first kappa shape index (κ1) is 15.9. The Labute approximate surface area is 101 Å². The molecule has 0 aromatic carbocycles. The summed E-state index contributed by atoms with van der Waals surface area (Å²) in [6.45, 7) is 5.36. The zero-order valence-electron chi connectivity index (χ0n) is 11.0. The molecule has 0 spiro atoms. The van der Waals surface area contributed by atoms with Gasteiger partial charge in [0.2, 0.25) is 0 Å². The van der Waals surface area contributed by atoms with E-state index in [1.807, 2.05) is 0 Å². The van der Waals surface area contributed by atoms with Crippen molar-refractivity contribution in [2.24, 2.45) is 0 Å². The van der Waals surface area contributed by atoms with E-state index in [1.54, 1.807) is 0 Å². The summed E-state index contributed by atoms with van der Waals surface area (Å²) in [7, 11) is -2.76. The molecule has 0 aromatic rings. The third-order valence-corrected chi connectivity index (χ3v) is 3.73. The third-order valence-electron chi connectivity index (χ3n) is 2.70. The Bertz CT molecular complexity index is 244. The van der Waals surface area contributed by atoms with Crippen LogP contribution in [0.5, 0.6) is 0 Å². The summed E-state index contributed by atoms with van der Waals surface area (Å²) in [5.41, 5.74) is 0. The van der Waals surface area contributed by atoms with Crippen molar-refractivity contribution < 1.29 is 8.42 Å². The Morgan fingerprint density at radius 1 is 1.06 bits per heavy atom. The van der Waals surface area contributed by atoms with Crippen LogP contribution in [-0.2, 0) is 9.84 Å². The van der Waals surface area contributed by atoms with Crippen molar-refractivity contribution >= 4 is 9.84 Å². The first-order chi connectivity index (χ1) is 7.49. The lowest BCUT2D eigenvalue weighted by atomic mass is 10.0. The van der Waals surface area contributed by atoms with Crippen molar-refractivity contribution in [3.05, 3.63) is 0 Å². The van der Waals surface area contributed by atoms with E-state index in [9.17, 15) is 8.42 Å². The smallest absolute Gasteiger partial charge is 0.147 e. The second kappa shape index (κ2) is 8.99. The van der Waals surface area contributed by atoms with Crippen LogP contribution in [0.3, 0.4) is 0 Å². The van der Waals surface area contributed by atoms with Gasteiger partial charge in [0.25, 0.3) is 0 Å². The zero-order valence-corrected chi connectivity index (χ0v) is 11.8. The van der Waals surface area contributed by atoms with Gasteiger partial charge in [-0.15, -0.1) is 0 Å². The number of hydrogen-bond acceptors (Lipinski definition) is 3. The summed E-state index contributed by atoms with van der Waals surface area (Å²) in [5.74, 6) is 0.340. The molecule has 1 atom stereocenters. The minimum absolute atomic E-state index is 0.340. The van der Waals surface area contributed by atoms with Gasteiger partial charge in [-0.1, -0.05) is 33.1 Å². The SMILES string of the molecule is CCCC(CCCCCS(C)(=O)=O)NCC. The fourth-order valence-electron chi connectivity index (χ4n) is 1.92. The highest BCUT2D eigenvalue weighted by Crippen LogP contribution is 2.09. The molecule has 0 aliphatic carbocycles. The van der Waals surface area contributed by atoms with Gasteiger partial charge in [0, 0.05) is 18.1 Å². The number of unbranched alkanes of at least 4 members (excludes halogenated alkanes) is 2. The lowest BCUT2D eigenvalue weighted by molar-refractivity contribution is 0.440. The molecule has 0 bridgehead atoms. The van der Waals surface area contributed by atoms with Crippen molar-refractivity contribution in [1.29, 1.82) is 0 Å². The van der Waals surface area contributed by atoms with Gasteiger partial charge < -0.3 is 5.32 Å². The minimum atomic E-state index is -2.76. The fourth-order valence-corrected chi connectivity index (χ4v) is 2.65. The molecule has 3 nitrogen and oxygen atoms in total. The number of hydrogen-bond donors (Lipinski definition) is 1. The maximum absolute atomic E-state index is 10.9. The number of sulfone groups is 1. The molecular formula is C12H27NO2S. The average Bonchev–Trinajstić information content (AvgIpc) is 2.16. The van der Waals surface area contributed by atoms with Crippen molar-refractivity contribution in [3.8, 4) is 0 Å². The second-order valence-corrected chi connectivity index (χ2v) is 6.78. The Balaban J connectivity index is 3.54. The van der Waals surface area contributed by atoms with Crippen LogP contribution >= 0.6 is 0 Å². The minimum Gasteiger partial charge on any atom is -0.314 e. The molecule has 98 valence electrons. The Kier molecular flexibility index (Phi) is 8.94. The largest absolute Gasteiger partial charge is 0.314 e. The Morgan fingerprint density at radius 2 is 1.75 bits per heavy atom. The van der Waals surface area contributed by atoms with Crippen LogP contribution in [0.15, 0.2) is 0 Å². The van der Waals surface area contributed by atoms with E-state index in [0.717, 1.165) is 25.8 Å². The molecule has 0 fully saturated rings. The third kappa shape index (κ3) is 10.4. The molecule has 0 rings (SSSR count). The predicted octanol–water partition coefficient (Wildman–Crippen LogP) is 2.37. The predicted molar refractivity (Wildman–Crippen MR) is 70.6 cm³/mol. The molecule has 0 heterocycles. The first-order valence-corrected chi connectivity index (χ1v) is 8.46. The van der Waals surface area contributed by atoms with Gasteiger partial charge in [-0.25, -0.2) is 8.42 Å². The van der Waals surface area contributed by atoms with Crippen molar-refractivity contribution in [2.45, 2.75) is 58.4 Å². The van der Waals surface area contributed by atoms with Gasteiger partial charge in [-0.2, -0.15) is 0 Å². The second-order valence-electron chi connectivity index (χ2n) is 4.52. The van der Waals surface area contributed by atoms with Gasteiger partial charge >= 0.3 is 0 Å². The monoisotopic (exact) mass is 249 g/mol. The van der Waals surface area contributed by atoms with Crippen molar-refractivity contribution in [1.82, 2.24) is 5.32 Å². The van der Waals surface area contributed by atoms with E-state index in [1.165, 1.54) is 25.5 Å². The van der Waals surface area contributed by atoms with Crippen molar-refractivity contribution in [2.75, 3.05) is 18.6 Å². The quantitative estimate of drug-likeness (QED) is 0.605. The maximum atomic E-state index is 10.9. The molecular weight excluding hydrogens is 222 g/mol. The van der Waals surface area contributed by atoms with E-state index in [0.29, 0.717) is 11.8 Å². The van der Waals surface area contributed by atoms with Crippen LogP contribution in [0.4, 0.5) is 0 Å². The van der Waals surface area contributed by atoms with Crippen LogP contribution in [0.2, 0.25) is 0 Å².